The number of carbonyl (C=O) groups excluding carboxylic acids is 1. The molecule has 1 amide bonds. The first-order chi connectivity index (χ1) is 8.60. The molecule has 0 saturated carbocycles. The summed E-state index contributed by atoms with van der Waals surface area (Å²) in [4.78, 5) is 22.8. The summed E-state index contributed by atoms with van der Waals surface area (Å²) < 4.78 is 5.02. The van der Waals surface area contributed by atoms with E-state index >= 15 is 0 Å². The standard InChI is InChI=1S/C14H15NO3/c1-3-9(2)14(17)15-11-5-6-12-10(8-11)4-7-13(16)18-12/h4-9H,3H2,1-2H3,(H,15,17). The van der Waals surface area contributed by atoms with Crippen molar-refractivity contribution in [1.82, 2.24) is 0 Å². The second-order valence-corrected chi connectivity index (χ2v) is 4.31. The van der Waals surface area contributed by atoms with E-state index in [9.17, 15) is 9.59 Å². The highest BCUT2D eigenvalue weighted by Crippen LogP contribution is 2.18. The minimum absolute atomic E-state index is 0.00534. The summed E-state index contributed by atoms with van der Waals surface area (Å²) in [5.74, 6) is -0.0244. The maximum Gasteiger partial charge on any atom is 0.336 e. The van der Waals surface area contributed by atoms with Crippen LogP contribution in [0.1, 0.15) is 20.3 Å². The third kappa shape index (κ3) is 2.59. The quantitative estimate of drug-likeness (QED) is 0.846. The predicted octanol–water partition coefficient (Wildman–Crippen LogP) is 2.78. The monoisotopic (exact) mass is 245 g/mol. The normalized spacial score (nSPS) is 12.3. The van der Waals surface area contributed by atoms with Crippen LogP contribution in [0, 0.1) is 5.92 Å². The minimum Gasteiger partial charge on any atom is -0.423 e. The largest absolute Gasteiger partial charge is 0.423 e. The molecule has 2 rings (SSSR count). The zero-order valence-electron chi connectivity index (χ0n) is 10.4. The number of fused-ring (bicyclic) bond motifs is 1. The van der Waals surface area contributed by atoms with E-state index in [2.05, 4.69) is 5.32 Å². The number of anilines is 1. The number of benzene rings is 1. The van der Waals surface area contributed by atoms with Gasteiger partial charge in [0.05, 0.1) is 0 Å². The van der Waals surface area contributed by atoms with E-state index in [1.54, 1.807) is 24.3 Å². The molecule has 94 valence electrons. The van der Waals surface area contributed by atoms with Crippen LogP contribution in [0.2, 0.25) is 0 Å². The summed E-state index contributed by atoms with van der Waals surface area (Å²) in [5, 5.41) is 3.63. The lowest BCUT2D eigenvalue weighted by molar-refractivity contribution is -0.119. The van der Waals surface area contributed by atoms with Crippen molar-refractivity contribution < 1.29 is 9.21 Å². The van der Waals surface area contributed by atoms with Gasteiger partial charge < -0.3 is 9.73 Å². The Balaban J connectivity index is 2.28. The molecule has 0 aliphatic rings. The molecule has 0 radical (unpaired) electrons. The first-order valence-corrected chi connectivity index (χ1v) is 5.95. The average molecular weight is 245 g/mol. The molecule has 1 aromatic heterocycles. The fraction of sp³-hybridized carbons (Fsp3) is 0.286. The van der Waals surface area contributed by atoms with Gasteiger partial charge in [0.25, 0.3) is 0 Å². The fourth-order valence-corrected chi connectivity index (χ4v) is 1.60. The summed E-state index contributed by atoms with van der Waals surface area (Å²) in [5.41, 5.74) is 0.851. The third-order valence-corrected chi connectivity index (χ3v) is 2.95. The number of carbonyl (C=O) groups is 1. The lowest BCUT2D eigenvalue weighted by Crippen LogP contribution is -2.19. The van der Waals surface area contributed by atoms with E-state index in [4.69, 9.17) is 4.42 Å². The number of nitrogens with one attached hydrogen (secondary N) is 1. The molecule has 0 spiro atoms. The van der Waals surface area contributed by atoms with Gasteiger partial charge in [0.2, 0.25) is 5.91 Å². The molecular weight excluding hydrogens is 230 g/mol. The molecule has 0 aliphatic heterocycles. The predicted molar refractivity (Wildman–Crippen MR) is 70.6 cm³/mol. The van der Waals surface area contributed by atoms with E-state index < -0.39 is 0 Å². The number of hydrogen-bond acceptors (Lipinski definition) is 3. The molecule has 0 bridgehead atoms. The number of amides is 1. The lowest BCUT2D eigenvalue weighted by atomic mass is 10.1. The minimum atomic E-state index is -0.376. The van der Waals surface area contributed by atoms with Crippen molar-refractivity contribution >= 4 is 22.6 Å². The maximum absolute atomic E-state index is 11.7. The van der Waals surface area contributed by atoms with E-state index in [0.717, 1.165) is 11.8 Å². The van der Waals surface area contributed by atoms with Crippen LogP contribution in [-0.4, -0.2) is 5.91 Å². The molecule has 1 N–H and O–H groups in total. The second-order valence-electron chi connectivity index (χ2n) is 4.31. The van der Waals surface area contributed by atoms with E-state index in [1.807, 2.05) is 13.8 Å². The molecule has 4 heteroatoms. The van der Waals surface area contributed by atoms with Crippen LogP contribution in [-0.2, 0) is 4.79 Å². The summed E-state index contributed by atoms with van der Waals surface area (Å²) in [6.07, 6.45) is 0.800. The van der Waals surface area contributed by atoms with Crippen LogP contribution >= 0.6 is 0 Å². The van der Waals surface area contributed by atoms with Gasteiger partial charge in [-0.25, -0.2) is 4.79 Å². The van der Waals surface area contributed by atoms with E-state index in [0.29, 0.717) is 11.3 Å². The highest BCUT2D eigenvalue weighted by atomic mass is 16.4. The van der Waals surface area contributed by atoms with Crippen LogP contribution in [0.25, 0.3) is 11.0 Å². The summed E-state index contributed by atoms with van der Waals surface area (Å²) in [7, 11) is 0. The first kappa shape index (κ1) is 12.4. The Morgan fingerprint density at radius 3 is 2.83 bits per heavy atom. The van der Waals surface area contributed by atoms with Gasteiger partial charge in [-0.2, -0.15) is 0 Å². The SMILES string of the molecule is CCC(C)C(=O)Nc1ccc2oc(=O)ccc2c1. The Labute approximate surface area is 105 Å². The van der Waals surface area contributed by atoms with Crippen LogP contribution in [0.5, 0.6) is 0 Å². The second kappa shape index (κ2) is 5.04. The Morgan fingerprint density at radius 2 is 2.11 bits per heavy atom. The van der Waals surface area contributed by atoms with Crippen LogP contribution in [0.4, 0.5) is 5.69 Å². The van der Waals surface area contributed by atoms with Crippen molar-refractivity contribution in [3.8, 4) is 0 Å². The van der Waals surface area contributed by atoms with Crippen molar-refractivity contribution in [3.05, 3.63) is 40.8 Å². The summed E-state index contributed by atoms with van der Waals surface area (Å²) >= 11 is 0. The van der Waals surface area contributed by atoms with Gasteiger partial charge in [-0.3, -0.25) is 4.79 Å². The van der Waals surface area contributed by atoms with Crippen molar-refractivity contribution in [2.75, 3.05) is 5.32 Å². The zero-order valence-corrected chi connectivity index (χ0v) is 10.4. The van der Waals surface area contributed by atoms with Crippen LogP contribution in [0.15, 0.2) is 39.5 Å². The Hall–Kier alpha value is -2.10. The molecule has 0 fully saturated rings. The molecular formula is C14H15NO3. The van der Waals surface area contributed by atoms with Crippen LogP contribution < -0.4 is 10.9 Å². The molecule has 0 saturated heterocycles. The van der Waals surface area contributed by atoms with E-state index in [1.165, 1.54) is 6.07 Å². The zero-order chi connectivity index (χ0) is 13.1. The Bertz CT molecular complexity index is 630. The van der Waals surface area contributed by atoms with Gasteiger partial charge >= 0.3 is 5.63 Å². The molecule has 1 atom stereocenters. The van der Waals surface area contributed by atoms with Crippen molar-refractivity contribution in [2.45, 2.75) is 20.3 Å². The molecule has 1 aromatic carbocycles. The number of rotatable bonds is 3. The smallest absolute Gasteiger partial charge is 0.336 e. The molecule has 2 aromatic rings. The average Bonchev–Trinajstić information content (AvgIpc) is 2.38. The van der Waals surface area contributed by atoms with Gasteiger partial charge in [0, 0.05) is 23.1 Å². The van der Waals surface area contributed by atoms with Gasteiger partial charge in [0.15, 0.2) is 0 Å². The van der Waals surface area contributed by atoms with Crippen LogP contribution in [0.3, 0.4) is 0 Å². The number of hydrogen-bond donors (Lipinski definition) is 1. The van der Waals surface area contributed by atoms with Crippen molar-refractivity contribution in [3.63, 3.8) is 0 Å². The van der Waals surface area contributed by atoms with Gasteiger partial charge in [-0.15, -0.1) is 0 Å². The summed E-state index contributed by atoms with van der Waals surface area (Å²) in [6.45, 7) is 3.86. The summed E-state index contributed by atoms with van der Waals surface area (Å²) in [6, 6.07) is 8.25. The van der Waals surface area contributed by atoms with Gasteiger partial charge in [0.1, 0.15) is 5.58 Å². The maximum atomic E-state index is 11.7. The highest BCUT2D eigenvalue weighted by Gasteiger charge is 2.10. The molecule has 1 heterocycles. The molecule has 4 nitrogen and oxygen atoms in total. The van der Waals surface area contributed by atoms with E-state index in [-0.39, 0.29) is 17.5 Å². The highest BCUT2D eigenvalue weighted by molar-refractivity contribution is 5.94. The molecule has 1 unspecified atom stereocenters. The molecule has 18 heavy (non-hydrogen) atoms. The first-order valence-electron chi connectivity index (χ1n) is 5.95. The van der Waals surface area contributed by atoms with Crippen molar-refractivity contribution in [1.29, 1.82) is 0 Å². The molecule has 0 aliphatic carbocycles. The lowest BCUT2D eigenvalue weighted by Gasteiger charge is -2.10. The van der Waals surface area contributed by atoms with Crippen molar-refractivity contribution in [2.24, 2.45) is 5.92 Å². The Kier molecular flexibility index (Phi) is 3.46. The Morgan fingerprint density at radius 1 is 1.33 bits per heavy atom. The van der Waals surface area contributed by atoms with Gasteiger partial charge in [-0.1, -0.05) is 13.8 Å². The topological polar surface area (TPSA) is 59.3 Å². The third-order valence-electron chi connectivity index (χ3n) is 2.95. The van der Waals surface area contributed by atoms with Gasteiger partial charge in [-0.05, 0) is 30.7 Å². The fourth-order valence-electron chi connectivity index (χ4n) is 1.60.